The van der Waals surface area contributed by atoms with Crippen LogP contribution in [-0.2, 0) is 0 Å². The van der Waals surface area contributed by atoms with Gasteiger partial charge in [-0.1, -0.05) is 27.5 Å². The number of nitrogens with zero attached hydrogens (tertiary/aromatic N) is 1. The lowest BCUT2D eigenvalue weighted by Crippen LogP contribution is -1.96. The van der Waals surface area contributed by atoms with Crippen molar-refractivity contribution in [2.45, 2.75) is 0 Å². The molecular formula is C13H7BrClIN2S. The van der Waals surface area contributed by atoms with E-state index in [9.17, 15) is 0 Å². The summed E-state index contributed by atoms with van der Waals surface area (Å²) in [6.07, 6.45) is 0. The smallest absolute Gasteiger partial charge is 0.182 e. The van der Waals surface area contributed by atoms with Crippen molar-refractivity contribution >= 4 is 73.4 Å². The zero-order chi connectivity index (χ0) is 13.6. The van der Waals surface area contributed by atoms with Crippen molar-refractivity contribution in [3.8, 4) is 5.69 Å². The van der Waals surface area contributed by atoms with E-state index in [1.807, 2.05) is 41.0 Å². The third-order valence-corrected chi connectivity index (χ3v) is 4.67. The second kappa shape index (κ2) is 5.20. The van der Waals surface area contributed by atoms with Crippen molar-refractivity contribution in [1.29, 1.82) is 0 Å². The van der Waals surface area contributed by atoms with Crippen molar-refractivity contribution in [2.75, 3.05) is 0 Å². The number of hydrogen-bond acceptors (Lipinski definition) is 1. The summed E-state index contributed by atoms with van der Waals surface area (Å²) in [5, 5.41) is 0.724. The molecule has 0 radical (unpaired) electrons. The second-order valence-corrected chi connectivity index (χ2v) is 6.92. The summed E-state index contributed by atoms with van der Waals surface area (Å²) in [6.45, 7) is 0. The van der Waals surface area contributed by atoms with Gasteiger partial charge in [-0.15, -0.1) is 0 Å². The van der Waals surface area contributed by atoms with E-state index < -0.39 is 0 Å². The van der Waals surface area contributed by atoms with Gasteiger partial charge in [0.25, 0.3) is 0 Å². The van der Waals surface area contributed by atoms with Gasteiger partial charge in [-0.25, -0.2) is 0 Å². The number of rotatable bonds is 1. The van der Waals surface area contributed by atoms with Crippen molar-refractivity contribution in [2.24, 2.45) is 0 Å². The number of H-pyrrole nitrogens is 1. The van der Waals surface area contributed by atoms with E-state index in [4.69, 9.17) is 23.8 Å². The normalized spacial score (nSPS) is 11.1. The topological polar surface area (TPSA) is 20.7 Å². The molecule has 0 amide bonds. The Morgan fingerprint density at radius 1 is 1.21 bits per heavy atom. The summed E-state index contributed by atoms with van der Waals surface area (Å²) in [5.41, 5.74) is 3.09. The number of aromatic nitrogens is 2. The minimum absolute atomic E-state index is 0.674. The number of halogens is 3. The molecule has 0 bridgehead atoms. The molecule has 0 fully saturated rings. The Bertz CT molecular complexity index is 840. The van der Waals surface area contributed by atoms with Crippen LogP contribution >= 0.6 is 62.3 Å². The van der Waals surface area contributed by atoms with Crippen LogP contribution in [0.2, 0.25) is 5.02 Å². The monoisotopic (exact) mass is 464 g/mol. The van der Waals surface area contributed by atoms with Crippen molar-refractivity contribution in [3.05, 3.63) is 54.2 Å². The summed E-state index contributed by atoms with van der Waals surface area (Å²) < 4.78 is 4.78. The quantitative estimate of drug-likeness (QED) is 0.361. The van der Waals surface area contributed by atoms with Gasteiger partial charge in [0.05, 0.1) is 16.7 Å². The minimum Gasteiger partial charge on any atom is -0.330 e. The maximum Gasteiger partial charge on any atom is 0.182 e. The molecule has 19 heavy (non-hydrogen) atoms. The molecule has 3 aromatic rings. The van der Waals surface area contributed by atoms with Crippen LogP contribution in [0.3, 0.4) is 0 Å². The molecule has 96 valence electrons. The van der Waals surface area contributed by atoms with E-state index in [1.54, 1.807) is 0 Å². The average Bonchev–Trinajstić information content (AvgIpc) is 2.65. The number of imidazole rings is 1. The Balaban J connectivity index is 2.36. The molecule has 1 N–H and O–H groups in total. The standard InChI is InChI=1S/C13H7BrClIN2S/c14-7-1-3-12-10(5-7)17-13(19)18(12)11-4-2-8(15)6-9(11)16/h1-6H,(H,17,19). The average molecular weight is 466 g/mol. The highest BCUT2D eigenvalue weighted by Crippen LogP contribution is 2.27. The fourth-order valence-electron chi connectivity index (χ4n) is 1.99. The summed E-state index contributed by atoms with van der Waals surface area (Å²) in [5.74, 6) is 0. The molecule has 2 aromatic carbocycles. The Kier molecular flexibility index (Phi) is 3.72. The van der Waals surface area contributed by atoms with Crippen molar-refractivity contribution in [3.63, 3.8) is 0 Å². The van der Waals surface area contributed by atoms with Gasteiger partial charge >= 0.3 is 0 Å². The highest BCUT2D eigenvalue weighted by atomic mass is 127. The molecule has 2 nitrogen and oxygen atoms in total. The lowest BCUT2D eigenvalue weighted by atomic mass is 10.3. The van der Waals surface area contributed by atoms with Gasteiger partial charge in [0.1, 0.15) is 0 Å². The van der Waals surface area contributed by atoms with E-state index in [0.29, 0.717) is 4.77 Å². The lowest BCUT2D eigenvalue weighted by molar-refractivity contribution is 1.06. The first kappa shape index (κ1) is 13.6. The number of fused-ring (bicyclic) bond motifs is 1. The Morgan fingerprint density at radius 2 is 2.00 bits per heavy atom. The second-order valence-electron chi connectivity index (χ2n) is 4.02. The number of aromatic amines is 1. The molecule has 0 aliphatic rings. The van der Waals surface area contributed by atoms with Gasteiger partial charge in [0.15, 0.2) is 4.77 Å². The van der Waals surface area contributed by atoms with Crippen LogP contribution in [0.15, 0.2) is 40.9 Å². The predicted molar refractivity (Wildman–Crippen MR) is 93.9 cm³/mol. The molecule has 0 aliphatic carbocycles. The predicted octanol–water partition coefficient (Wildman–Crippen LogP) is 5.71. The van der Waals surface area contributed by atoms with Crippen molar-refractivity contribution < 1.29 is 0 Å². The first-order chi connectivity index (χ1) is 9.06. The molecule has 0 spiro atoms. The first-order valence-corrected chi connectivity index (χ1v) is 8.08. The molecular weight excluding hydrogens is 458 g/mol. The fraction of sp³-hybridized carbons (Fsp3) is 0. The SMILES string of the molecule is S=c1[nH]c2cc(Br)ccc2n1-c1ccc(Cl)cc1I. The van der Waals surface area contributed by atoms with Crippen LogP contribution in [0.4, 0.5) is 0 Å². The van der Waals surface area contributed by atoms with E-state index in [0.717, 1.165) is 29.8 Å². The van der Waals surface area contributed by atoms with Crippen LogP contribution in [-0.4, -0.2) is 9.55 Å². The highest BCUT2D eigenvalue weighted by Gasteiger charge is 2.10. The van der Waals surface area contributed by atoms with E-state index in [2.05, 4.69) is 43.5 Å². The van der Waals surface area contributed by atoms with Crippen LogP contribution in [0.1, 0.15) is 0 Å². The number of nitrogens with one attached hydrogen (secondary N) is 1. The van der Waals surface area contributed by atoms with Crippen molar-refractivity contribution in [1.82, 2.24) is 9.55 Å². The maximum absolute atomic E-state index is 6.00. The molecule has 1 aromatic heterocycles. The van der Waals surface area contributed by atoms with Gasteiger partial charge in [0.2, 0.25) is 0 Å². The molecule has 0 saturated carbocycles. The zero-order valence-electron chi connectivity index (χ0n) is 9.45. The molecule has 0 saturated heterocycles. The molecule has 0 atom stereocenters. The van der Waals surface area contributed by atoms with Crippen LogP contribution in [0.25, 0.3) is 16.7 Å². The molecule has 0 unspecified atom stereocenters. The molecule has 1 heterocycles. The summed E-state index contributed by atoms with van der Waals surface area (Å²) in [6, 6.07) is 11.8. The van der Waals surface area contributed by atoms with Crippen LogP contribution < -0.4 is 0 Å². The Hall–Kier alpha value is -0.370. The van der Waals surface area contributed by atoms with E-state index in [1.165, 1.54) is 0 Å². The molecule has 3 rings (SSSR count). The summed E-state index contributed by atoms with van der Waals surface area (Å²) >= 11 is 17.2. The zero-order valence-corrected chi connectivity index (χ0v) is 14.8. The number of hydrogen-bond donors (Lipinski definition) is 1. The van der Waals surface area contributed by atoms with E-state index in [-0.39, 0.29) is 0 Å². The fourth-order valence-corrected chi connectivity index (χ4v) is 3.77. The Labute approximate surface area is 142 Å². The summed E-state index contributed by atoms with van der Waals surface area (Å²) in [4.78, 5) is 3.22. The van der Waals surface area contributed by atoms with Gasteiger partial charge < -0.3 is 4.98 Å². The largest absolute Gasteiger partial charge is 0.330 e. The maximum atomic E-state index is 6.00. The van der Waals surface area contributed by atoms with Gasteiger partial charge in [-0.3, -0.25) is 4.57 Å². The lowest BCUT2D eigenvalue weighted by Gasteiger charge is -2.07. The summed E-state index contributed by atoms with van der Waals surface area (Å²) in [7, 11) is 0. The van der Waals surface area contributed by atoms with Crippen LogP contribution in [0.5, 0.6) is 0 Å². The van der Waals surface area contributed by atoms with E-state index >= 15 is 0 Å². The third kappa shape index (κ3) is 2.49. The van der Waals surface area contributed by atoms with Gasteiger partial charge in [-0.2, -0.15) is 0 Å². The molecule has 0 aliphatic heterocycles. The first-order valence-electron chi connectivity index (χ1n) is 5.42. The van der Waals surface area contributed by atoms with Gasteiger partial charge in [-0.05, 0) is 71.2 Å². The van der Waals surface area contributed by atoms with Crippen LogP contribution in [0, 0.1) is 8.34 Å². The number of benzene rings is 2. The Morgan fingerprint density at radius 3 is 2.74 bits per heavy atom. The third-order valence-electron chi connectivity index (χ3n) is 2.79. The van der Waals surface area contributed by atoms with Gasteiger partial charge in [0, 0.05) is 13.1 Å². The highest BCUT2D eigenvalue weighted by molar-refractivity contribution is 14.1. The minimum atomic E-state index is 0.674. The molecule has 6 heteroatoms.